The predicted molar refractivity (Wildman–Crippen MR) is 107 cm³/mol. The van der Waals surface area contributed by atoms with Crippen LogP contribution >= 0.6 is 0 Å². The number of nitrogens with one attached hydrogen (secondary N) is 1. The lowest BCUT2D eigenvalue weighted by atomic mass is 9.91. The number of anilines is 1. The van der Waals surface area contributed by atoms with Crippen LogP contribution in [-0.2, 0) is 9.59 Å². The molecule has 1 unspecified atom stereocenters. The lowest BCUT2D eigenvalue weighted by molar-refractivity contribution is -0.121. The molecule has 1 saturated heterocycles. The number of carbonyl (C=O) groups excluding carboxylic acids is 3. The Hall–Kier alpha value is -2.95. The van der Waals surface area contributed by atoms with Gasteiger partial charge in [0.2, 0.25) is 11.8 Å². The van der Waals surface area contributed by atoms with Crippen molar-refractivity contribution in [1.29, 1.82) is 0 Å². The van der Waals surface area contributed by atoms with E-state index in [1.807, 2.05) is 12.1 Å². The highest BCUT2D eigenvalue weighted by molar-refractivity contribution is 6.23. The van der Waals surface area contributed by atoms with Gasteiger partial charge in [0.05, 0.1) is 11.6 Å². The first-order chi connectivity index (χ1) is 13.6. The highest BCUT2D eigenvalue weighted by Crippen LogP contribution is 2.34. The summed E-state index contributed by atoms with van der Waals surface area (Å²) in [4.78, 5) is 39.8. The van der Waals surface area contributed by atoms with Crippen molar-refractivity contribution in [3.8, 4) is 0 Å². The van der Waals surface area contributed by atoms with E-state index in [1.54, 1.807) is 42.5 Å². The van der Waals surface area contributed by atoms with Gasteiger partial charge in [0.15, 0.2) is 0 Å². The van der Waals surface area contributed by atoms with E-state index in [1.165, 1.54) is 11.3 Å². The topological polar surface area (TPSA) is 66.5 Å². The molecule has 1 aliphatic carbocycles. The van der Waals surface area contributed by atoms with Gasteiger partial charge >= 0.3 is 0 Å². The molecule has 2 fully saturated rings. The van der Waals surface area contributed by atoms with Gasteiger partial charge in [-0.15, -0.1) is 0 Å². The minimum atomic E-state index is -0.624. The number of para-hydroxylation sites is 1. The molecule has 2 aromatic carbocycles. The third-order valence-corrected chi connectivity index (χ3v) is 5.68. The fourth-order valence-electron chi connectivity index (χ4n) is 4.24. The zero-order chi connectivity index (χ0) is 19.5. The van der Waals surface area contributed by atoms with E-state index >= 15 is 0 Å². The van der Waals surface area contributed by atoms with Crippen molar-refractivity contribution in [3.05, 3.63) is 65.7 Å². The average molecular weight is 376 g/mol. The Morgan fingerprint density at radius 1 is 0.893 bits per heavy atom. The smallest absolute Gasteiger partial charge is 0.251 e. The van der Waals surface area contributed by atoms with Crippen molar-refractivity contribution >= 4 is 23.4 Å². The summed E-state index contributed by atoms with van der Waals surface area (Å²) in [7, 11) is 0. The Bertz CT molecular complexity index is 888. The number of hydrogen-bond donors (Lipinski definition) is 1. The number of hydrogen-bond acceptors (Lipinski definition) is 3. The second-order valence-electron chi connectivity index (χ2n) is 7.56. The van der Waals surface area contributed by atoms with E-state index in [2.05, 4.69) is 5.32 Å². The summed E-state index contributed by atoms with van der Waals surface area (Å²) in [6.07, 6.45) is 5.56. The monoisotopic (exact) mass is 376 g/mol. The van der Waals surface area contributed by atoms with Gasteiger partial charge in [-0.1, -0.05) is 55.7 Å². The molecule has 3 amide bonds. The summed E-state index contributed by atoms with van der Waals surface area (Å²) in [5.74, 6) is -1.28. The SMILES string of the molecule is O=C(NC1CCCCC1)c1ccccc1C1CC(=O)N(c2ccccc2)C1=O. The molecule has 5 nitrogen and oxygen atoms in total. The van der Waals surface area contributed by atoms with Crippen LogP contribution in [0.4, 0.5) is 5.69 Å². The standard InChI is InChI=1S/C23H24N2O3/c26-21-15-20(23(28)25(21)17-11-5-2-6-12-17)18-13-7-8-14-19(18)22(27)24-16-9-3-1-4-10-16/h2,5-8,11-14,16,20H,1,3-4,9-10,15H2,(H,24,27). The number of nitrogens with zero attached hydrogens (tertiary/aromatic N) is 1. The molecular weight excluding hydrogens is 352 g/mol. The molecule has 5 heteroatoms. The van der Waals surface area contributed by atoms with E-state index < -0.39 is 5.92 Å². The molecule has 1 N–H and O–H groups in total. The van der Waals surface area contributed by atoms with E-state index in [0.717, 1.165) is 25.7 Å². The van der Waals surface area contributed by atoms with E-state index in [9.17, 15) is 14.4 Å². The van der Waals surface area contributed by atoms with Gasteiger partial charge in [-0.3, -0.25) is 19.3 Å². The highest BCUT2D eigenvalue weighted by Gasteiger charge is 2.41. The number of amides is 3. The third kappa shape index (κ3) is 3.57. The van der Waals surface area contributed by atoms with Gasteiger partial charge in [-0.05, 0) is 36.6 Å². The van der Waals surface area contributed by atoms with Crippen LogP contribution in [0.5, 0.6) is 0 Å². The van der Waals surface area contributed by atoms with Gasteiger partial charge in [0, 0.05) is 18.0 Å². The minimum Gasteiger partial charge on any atom is -0.349 e. The second-order valence-corrected chi connectivity index (χ2v) is 7.56. The number of imide groups is 1. The lowest BCUT2D eigenvalue weighted by Gasteiger charge is -2.23. The van der Waals surface area contributed by atoms with Gasteiger partial charge in [0.1, 0.15) is 0 Å². The lowest BCUT2D eigenvalue weighted by Crippen LogP contribution is -2.37. The Labute approximate surface area is 164 Å². The third-order valence-electron chi connectivity index (χ3n) is 5.68. The van der Waals surface area contributed by atoms with Gasteiger partial charge in [-0.2, -0.15) is 0 Å². The summed E-state index contributed by atoms with van der Waals surface area (Å²) < 4.78 is 0. The average Bonchev–Trinajstić information content (AvgIpc) is 3.03. The molecule has 0 aromatic heterocycles. The minimum absolute atomic E-state index is 0.0848. The van der Waals surface area contributed by atoms with Crippen LogP contribution in [-0.4, -0.2) is 23.8 Å². The van der Waals surface area contributed by atoms with Crippen molar-refractivity contribution in [3.63, 3.8) is 0 Å². The summed E-state index contributed by atoms with van der Waals surface area (Å²) >= 11 is 0. The number of carbonyl (C=O) groups is 3. The van der Waals surface area contributed by atoms with Crippen molar-refractivity contribution < 1.29 is 14.4 Å². The largest absolute Gasteiger partial charge is 0.349 e. The normalized spacial score (nSPS) is 20.4. The maximum Gasteiger partial charge on any atom is 0.251 e. The van der Waals surface area contributed by atoms with Gasteiger partial charge < -0.3 is 5.32 Å². The zero-order valence-corrected chi connectivity index (χ0v) is 15.8. The van der Waals surface area contributed by atoms with Crippen molar-refractivity contribution in [2.24, 2.45) is 0 Å². The van der Waals surface area contributed by atoms with Crippen LogP contribution in [0, 0.1) is 0 Å². The number of rotatable bonds is 4. The quantitative estimate of drug-likeness (QED) is 0.826. The molecule has 0 spiro atoms. The molecule has 1 atom stereocenters. The van der Waals surface area contributed by atoms with Crippen LogP contribution in [0.1, 0.15) is 60.4 Å². The molecule has 1 saturated carbocycles. The second kappa shape index (κ2) is 7.97. The van der Waals surface area contributed by atoms with Crippen LogP contribution in [0.25, 0.3) is 0 Å². The Kier molecular flexibility index (Phi) is 5.24. The summed E-state index contributed by atoms with van der Waals surface area (Å²) in [5.41, 5.74) is 1.70. The molecule has 1 aliphatic heterocycles. The first kappa shape index (κ1) is 18.4. The molecular formula is C23H24N2O3. The first-order valence-corrected chi connectivity index (χ1v) is 9.97. The fraction of sp³-hybridized carbons (Fsp3) is 0.348. The molecule has 0 bridgehead atoms. The Morgan fingerprint density at radius 2 is 1.57 bits per heavy atom. The molecule has 4 rings (SSSR count). The fourth-order valence-corrected chi connectivity index (χ4v) is 4.24. The van der Waals surface area contributed by atoms with Gasteiger partial charge in [0.25, 0.3) is 5.91 Å². The van der Waals surface area contributed by atoms with Crippen molar-refractivity contribution in [2.45, 2.75) is 50.5 Å². The van der Waals surface area contributed by atoms with Crippen molar-refractivity contribution in [2.75, 3.05) is 4.90 Å². The van der Waals surface area contributed by atoms with Crippen LogP contribution in [0.15, 0.2) is 54.6 Å². The van der Waals surface area contributed by atoms with Crippen LogP contribution in [0.3, 0.4) is 0 Å². The van der Waals surface area contributed by atoms with E-state index in [0.29, 0.717) is 16.8 Å². The van der Waals surface area contributed by atoms with Gasteiger partial charge in [-0.25, -0.2) is 0 Å². The van der Waals surface area contributed by atoms with E-state index in [4.69, 9.17) is 0 Å². The molecule has 1 heterocycles. The van der Waals surface area contributed by atoms with E-state index in [-0.39, 0.29) is 30.2 Å². The molecule has 2 aromatic rings. The summed E-state index contributed by atoms with van der Waals surface area (Å²) in [6, 6.07) is 16.3. The highest BCUT2D eigenvalue weighted by atomic mass is 16.2. The Balaban J connectivity index is 1.59. The summed E-state index contributed by atoms with van der Waals surface area (Å²) in [6.45, 7) is 0. The molecule has 0 radical (unpaired) electrons. The molecule has 28 heavy (non-hydrogen) atoms. The Morgan fingerprint density at radius 3 is 2.32 bits per heavy atom. The zero-order valence-electron chi connectivity index (χ0n) is 15.8. The molecule has 144 valence electrons. The molecule has 2 aliphatic rings. The first-order valence-electron chi connectivity index (χ1n) is 9.97. The summed E-state index contributed by atoms with van der Waals surface area (Å²) in [5, 5.41) is 3.12. The maximum absolute atomic E-state index is 13.1. The van der Waals surface area contributed by atoms with Crippen LogP contribution in [0.2, 0.25) is 0 Å². The number of benzene rings is 2. The maximum atomic E-state index is 13.1. The predicted octanol–water partition coefficient (Wildman–Crippen LogP) is 3.80. The van der Waals surface area contributed by atoms with Crippen LogP contribution < -0.4 is 10.2 Å². The van der Waals surface area contributed by atoms with Crippen molar-refractivity contribution in [1.82, 2.24) is 5.32 Å².